The summed E-state index contributed by atoms with van der Waals surface area (Å²) in [7, 11) is 0. The minimum atomic E-state index is 0. The van der Waals surface area contributed by atoms with Crippen LogP contribution in [0.2, 0.25) is 0 Å². The number of hydrogen-bond donors (Lipinski definition) is 2. The molecule has 3 aromatic rings. The lowest BCUT2D eigenvalue weighted by Gasteiger charge is -2.12. The summed E-state index contributed by atoms with van der Waals surface area (Å²) in [6.07, 6.45) is 8.84. The van der Waals surface area contributed by atoms with Crippen molar-refractivity contribution >= 4 is 40.8 Å². The molecule has 2 N–H and O–H groups in total. The Bertz CT molecular complexity index is 975. The summed E-state index contributed by atoms with van der Waals surface area (Å²) < 4.78 is 4.63. The number of halogens is 1. The number of aromatic nitrogens is 4. The van der Waals surface area contributed by atoms with Gasteiger partial charge in [-0.05, 0) is 43.7 Å². The highest BCUT2D eigenvalue weighted by Crippen LogP contribution is 2.16. The summed E-state index contributed by atoms with van der Waals surface area (Å²) in [5.74, 6) is 3.13. The van der Waals surface area contributed by atoms with E-state index < -0.39 is 0 Å². The first-order valence-electron chi connectivity index (χ1n) is 11.3. The van der Waals surface area contributed by atoms with Gasteiger partial charge in [0.15, 0.2) is 5.96 Å². The summed E-state index contributed by atoms with van der Waals surface area (Å²) in [5.41, 5.74) is 1.29. The first kappa shape index (κ1) is 23.6. The van der Waals surface area contributed by atoms with Gasteiger partial charge in [-0.2, -0.15) is 0 Å². The summed E-state index contributed by atoms with van der Waals surface area (Å²) in [4.78, 5) is 4.75. The van der Waals surface area contributed by atoms with Gasteiger partial charge in [0.1, 0.15) is 11.6 Å². The van der Waals surface area contributed by atoms with E-state index in [2.05, 4.69) is 73.4 Å². The summed E-state index contributed by atoms with van der Waals surface area (Å²) in [5, 5.41) is 16.9. The van der Waals surface area contributed by atoms with E-state index in [-0.39, 0.29) is 24.0 Å². The van der Waals surface area contributed by atoms with Gasteiger partial charge in [0, 0.05) is 57.3 Å². The molecule has 0 atom stereocenters. The number of hydrogen-bond acceptors (Lipinski definition) is 3. The van der Waals surface area contributed by atoms with Crippen molar-refractivity contribution in [3.8, 4) is 0 Å². The molecule has 31 heavy (non-hydrogen) atoms. The monoisotopic (exact) mass is 535 g/mol. The highest BCUT2D eigenvalue weighted by Gasteiger charge is 2.14. The first-order chi connectivity index (χ1) is 14.8. The van der Waals surface area contributed by atoms with Crippen LogP contribution in [0, 0.1) is 0 Å². The first-order valence-corrected chi connectivity index (χ1v) is 11.3. The zero-order chi connectivity index (χ0) is 20.6. The fourth-order valence-corrected chi connectivity index (χ4v) is 4.13. The molecule has 0 unspecified atom stereocenters. The fourth-order valence-electron chi connectivity index (χ4n) is 4.13. The van der Waals surface area contributed by atoms with Crippen LogP contribution in [0.4, 0.5) is 0 Å². The van der Waals surface area contributed by atoms with E-state index >= 15 is 0 Å². The number of guanidine groups is 1. The number of aryl methyl sites for hydroxylation is 2. The second-order valence-electron chi connectivity index (χ2n) is 7.85. The second-order valence-corrected chi connectivity index (χ2v) is 7.85. The van der Waals surface area contributed by atoms with Crippen molar-refractivity contribution in [1.29, 1.82) is 0 Å². The van der Waals surface area contributed by atoms with Crippen molar-refractivity contribution in [3.05, 3.63) is 48.2 Å². The predicted molar refractivity (Wildman–Crippen MR) is 137 cm³/mol. The molecule has 0 saturated heterocycles. The Morgan fingerprint density at radius 2 is 2.00 bits per heavy atom. The number of nitrogens with zero attached hydrogens (tertiary/aromatic N) is 5. The highest BCUT2D eigenvalue weighted by molar-refractivity contribution is 14.0. The zero-order valence-corrected chi connectivity index (χ0v) is 20.7. The maximum Gasteiger partial charge on any atom is 0.191 e. The van der Waals surface area contributed by atoms with Crippen LogP contribution in [-0.2, 0) is 25.9 Å². The maximum atomic E-state index is 4.75. The van der Waals surface area contributed by atoms with Crippen LogP contribution in [0.5, 0.6) is 0 Å². The molecule has 0 fully saturated rings. The number of fused-ring (bicyclic) bond motifs is 2. The average molecular weight is 535 g/mol. The van der Waals surface area contributed by atoms with Crippen molar-refractivity contribution in [2.24, 2.45) is 4.99 Å². The highest BCUT2D eigenvalue weighted by atomic mass is 127. The lowest BCUT2D eigenvalue weighted by molar-refractivity contribution is 0.600. The van der Waals surface area contributed by atoms with Gasteiger partial charge in [0.25, 0.3) is 0 Å². The van der Waals surface area contributed by atoms with Crippen molar-refractivity contribution in [3.63, 3.8) is 0 Å². The van der Waals surface area contributed by atoms with Gasteiger partial charge in [0.2, 0.25) is 0 Å². The molecular weight excluding hydrogens is 501 g/mol. The quantitative estimate of drug-likeness (QED) is 0.200. The summed E-state index contributed by atoms with van der Waals surface area (Å²) in [6.45, 7) is 6.59. The molecule has 0 spiro atoms. The number of rotatable bonds is 8. The van der Waals surface area contributed by atoms with Crippen LogP contribution < -0.4 is 10.6 Å². The number of nitrogens with one attached hydrogen (secondary N) is 2. The van der Waals surface area contributed by atoms with Crippen LogP contribution in [0.15, 0.2) is 41.5 Å². The Morgan fingerprint density at radius 3 is 2.90 bits per heavy atom. The molecule has 2 aromatic heterocycles. The molecule has 3 heterocycles. The third kappa shape index (κ3) is 6.21. The molecule has 4 rings (SSSR count). The standard InChI is InChI=1S/C23H33N7.HI/c1-2-24-23(25-14-8-16-29-18-13-19-9-5-6-10-20(19)29)26-15-12-22-28-27-21-11-4-3-7-17-30(21)22;/h5-6,9-10,13,18H,2-4,7-8,11-12,14-17H2,1H3,(H2,24,25,26);1H. The van der Waals surface area contributed by atoms with Crippen LogP contribution in [-0.4, -0.2) is 44.9 Å². The lowest BCUT2D eigenvalue weighted by atomic mass is 10.2. The molecule has 7 nitrogen and oxygen atoms in total. The van der Waals surface area contributed by atoms with Crippen molar-refractivity contribution in [1.82, 2.24) is 30.0 Å². The van der Waals surface area contributed by atoms with Gasteiger partial charge < -0.3 is 19.8 Å². The molecule has 1 aliphatic rings. The summed E-state index contributed by atoms with van der Waals surface area (Å²) in [6, 6.07) is 10.7. The molecule has 1 aromatic carbocycles. The molecule has 0 amide bonds. The predicted octanol–water partition coefficient (Wildman–Crippen LogP) is 3.77. The number of para-hydroxylation sites is 1. The Labute approximate surface area is 201 Å². The SMILES string of the molecule is CCNC(=NCCCn1ccc2ccccc21)NCCc1nnc2n1CCCCC2.I. The van der Waals surface area contributed by atoms with E-state index in [1.807, 2.05) is 0 Å². The Kier molecular flexibility index (Phi) is 9.17. The van der Waals surface area contributed by atoms with Crippen molar-refractivity contribution < 1.29 is 0 Å². The normalized spacial score (nSPS) is 14.0. The fraction of sp³-hybridized carbons (Fsp3) is 0.522. The van der Waals surface area contributed by atoms with Crippen LogP contribution in [0.1, 0.15) is 44.3 Å². The number of benzene rings is 1. The third-order valence-electron chi connectivity index (χ3n) is 5.68. The van der Waals surface area contributed by atoms with Crippen molar-refractivity contribution in [2.75, 3.05) is 19.6 Å². The Morgan fingerprint density at radius 1 is 1.10 bits per heavy atom. The van der Waals surface area contributed by atoms with Gasteiger partial charge >= 0.3 is 0 Å². The Balaban J connectivity index is 0.00000272. The lowest BCUT2D eigenvalue weighted by Crippen LogP contribution is -2.38. The van der Waals surface area contributed by atoms with Gasteiger partial charge in [-0.15, -0.1) is 34.2 Å². The van der Waals surface area contributed by atoms with E-state index in [0.29, 0.717) is 0 Å². The van der Waals surface area contributed by atoms with E-state index in [0.717, 1.165) is 69.6 Å². The van der Waals surface area contributed by atoms with E-state index in [1.54, 1.807) is 0 Å². The number of aliphatic imine (C=N–C) groups is 1. The van der Waals surface area contributed by atoms with E-state index in [9.17, 15) is 0 Å². The second kappa shape index (κ2) is 12.1. The molecule has 8 heteroatoms. The molecule has 1 aliphatic heterocycles. The maximum absolute atomic E-state index is 4.75. The van der Waals surface area contributed by atoms with Gasteiger partial charge in [-0.3, -0.25) is 4.99 Å². The van der Waals surface area contributed by atoms with E-state index in [1.165, 1.54) is 30.2 Å². The van der Waals surface area contributed by atoms with Crippen molar-refractivity contribution in [2.45, 2.75) is 58.5 Å². The molecule has 0 radical (unpaired) electrons. The van der Waals surface area contributed by atoms with Gasteiger partial charge in [-0.25, -0.2) is 0 Å². The third-order valence-corrected chi connectivity index (χ3v) is 5.68. The van der Waals surface area contributed by atoms with Gasteiger partial charge in [-0.1, -0.05) is 24.6 Å². The molecule has 168 valence electrons. The topological polar surface area (TPSA) is 72.1 Å². The molecular formula is C23H34IN7. The van der Waals surface area contributed by atoms with Gasteiger partial charge in [0.05, 0.1) is 0 Å². The minimum Gasteiger partial charge on any atom is -0.357 e. The smallest absolute Gasteiger partial charge is 0.191 e. The zero-order valence-electron chi connectivity index (χ0n) is 18.4. The summed E-state index contributed by atoms with van der Waals surface area (Å²) >= 11 is 0. The van der Waals surface area contributed by atoms with Crippen LogP contribution in [0.25, 0.3) is 10.9 Å². The minimum absolute atomic E-state index is 0. The van der Waals surface area contributed by atoms with Crippen LogP contribution in [0.3, 0.4) is 0 Å². The van der Waals surface area contributed by atoms with E-state index in [4.69, 9.17) is 4.99 Å². The molecule has 0 aliphatic carbocycles. The molecule has 0 saturated carbocycles. The average Bonchev–Trinajstić information content (AvgIpc) is 3.27. The molecule has 0 bridgehead atoms. The largest absolute Gasteiger partial charge is 0.357 e. The Hall–Kier alpha value is -2.10. The van der Waals surface area contributed by atoms with Crippen LogP contribution >= 0.6 is 24.0 Å².